The van der Waals surface area contributed by atoms with Gasteiger partial charge in [0.05, 0.1) is 18.6 Å². The first kappa shape index (κ1) is 16.7. The number of cyclic esters (lactones) is 1. The standard InChI is InChI=1S/C19H28O4/c1-11-7-13-4-3-12(2)16(19(13)17(21)8-11)6-5-15-9-14(20)10-18(22)23-15/h3-4,7,11-12,14-17,19-21H,5-6,8-10H2,1-2H3. The molecule has 0 aromatic rings. The Bertz CT molecular complexity index is 509. The van der Waals surface area contributed by atoms with Crippen molar-refractivity contribution in [3.8, 4) is 0 Å². The number of carbonyl (C=O) groups excluding carboxylic acids is 1. The summed E-state index contributed by atoms with van der Waals surface area (Å²) in [5.74, 6) is 1.09. The summed E-state index contributed by atoms with van der Waals surface area (Å²) in [6, 6.07) is 0. The highest BCUT2D eigenvalue weighted by atomic mass is 16.5. The summed E-state index contributed by atoms with van der Waals surface area (Å²) in [7, 11) is 0. The Labute approximate surface area is 138 Å². The van der Waals surface area contributed by atoms with Gasteiger partial charge in [0, 0.05) is 12.3 Å². The molecule has 128 valence electrons. The normalized spacial score (nSPS) is 43.6. The lowest BCUT2D eigenvalue weighted by Crippen LogP contribution is -2.39. The van der Waals surface area contributed by atoms with E-state index in [-0.39, 0.29) is 30.5 Å². The molecule has 1 aliphatic heterocycles. The van der Waals surface area contributed by atoms with Crippen molar-refractivity contribution >= 4 is 5.97 Å². The van der Waals surface area contributed by atoms with Crippen LogP contribution in [0.4, 0.5) is 0 Å². The minimum absolute atomic E-state index is 0.116. The maximum Gasteiger partial charge on any atom is 0.308 e. The van der Waals surface area contributed by atoms with Gasteiger partial charge in [0.25, 0.3) is 0 Å². The van der Waals surface area contributed by atoms with E-state index in [2.05, 4.69) is 32.1 Å². The molecule has 1 fully saturated rings. The summed E-state index contributed by atoms with van der Waals surface area (Å²) >= 11 is 0. The van der Waals surface area contributed by atoms with Gasteiger partial charge in [-0.3, -0.25) is 4.79 Å². The number of ether oxygens (including phenoxy) is 1. The smallest absolute Gasteiger partial charge is 0.308 e. The maximum atomic E-state index is 11.5. The predicted molar refractivity (Wildman–Crippen MR) is 87.5 cm³/mol. The minimum atomic E-state index is -0.568. The highest BCUT2D eigenvalue weighted by Crippen LogP contribution is 2.43. The van der Waals surface area contributed by atoms with Crippen molar-refractivity contribution in [2.75, 3.05) is 0 Å². The molecule has 4 heteroatoms. The van der Waals surface area contributed by atoms with Crippen LogP contribution in [0.2, 0.25) is 0 Å². The van der Waals surface area contributed by atoms with E-state index in [1.807, 2.05) is 0 Å². The molecule has 3 rings (SSSR count). The average molecular weight is 320 g/mol. The van der Waals surface area contributed by atoms with Crippen LogP contribution >= 0.6 is 0 Å². The first-order valence-corrected chi connectivity index (χ1v) is 8.89. The van der Waals surface area contributed by atoms with E-state index in [9.17, 15) is 15.0 Å². The Balaban J connectivity index is 1.67. The van der Waals surface area contributed by atoms with Gasteiger partial charge in [0.15, 0.2) is 0 Å². The Morgan fingerprint density at radius 3 is 2.74 bits per heavy atom. The van der Waals surface area contributed by atoms with Crippen molar-refractivity contribution in [3.63, 3.8) is 0 Å². The van der Waals surface area contributed by atoms with E-state index in [0.717, 1.165) is 19.3 Å². The fourth-order valence-electron chi connectivity index (χ4n) is 4.55. The lowest BCUT2D eigenvalue weighted by Gasteiger charge is -2.42. The van der Waals surface area contributed by atoms with Gasteiger partial charge in [-0.1, -0.05) is 32.1 Å². The molecule has 1 heterocycles. The van der Waals surface area contributed by atoms with Crippen molar-refractivity contribution in [2.24, 2.45) is 23.7 Å². The van der Waals surface area contributed by atoms with Gasteiger partial charge in [-0.25, -0.2) is 0 Å². The molecule has 0 aromatic carbocycles. The second-order valence-corrected chi connectivity index (χ2v) is 7.64. The molecule has 7 unspecified atom stereocenters. The molecule has 0 radical (unpaired) electrons. The Kier molecular flexibility index (Phi) is 4.93. The van der Waals surface area contributed by atoms with Crippen molar-refractivity contribution in [3.05, 3.63) is 23.8 Å². The zero-order chi connectivity index (χ0) is 16.6. The molecule has 23 heavy (non-hydrogen) atoms. The number of allylic oxidation sites excluding steroid dienone is 3. The fourth-order valence-corrected chi connectivity index (χ4v) is 4.55. The van der Waals surface area contributed by atoms with E-state index in [1.165, 1.54) is 5.57 Å². The quantitative estimate of drug-likeness (QED) is 0.785. The number of hydrogen-bond donors (Lipinski definition) is 2. The summed E-state index contributed by atoms with van der Waals surface area (Å²) in [4.78, 5) is 11.5. The van der Waals surface area contributed by atoms with Crippen LogP contribution in [0.1, 0.15) is 46.0 Å². The molecule has 7 atom stereocenters. The van der Waals surface area contributed by atoms with Gasteiger partial charge in [-0.15, -0.1) is 0 Å². The van der Waals surface area contributed by atoms with E-state index < -0.39 is 6.10 Å². The summed E-state index contributed by atoms with van der Waals surface area (Å²) in [5.41, 5.74) is 1.26. The molecule has 2 aliphatic carbocycles. The second kappa shape index (κ2) is 6.78. The number of aliphatic hydroxyl groups is 2. The largest absolute Gasteiger partial charge is 0.462 e. The van der Waals surface area contributed by atoms with Gasteiger partial charge >= 0.3 is 5.97 Å². The number of rotatable bonds is 3. The fraction of sp³-hybridized carbons (Fsp3) is 0.737. The molecular weight excluding hydrogens is 292 g/mol. The summed E-state index contributed by atoms with van der Waals surface area (Å²) in [5, 5.41) is 20.3. The van der Waals surface area contributed by atoms with Crippen molar-refractivity contribution < 1.29 is 19.7 Å². The zero-order valence-corrected chi connectivity index (χ0v) is 14.0. The monoisotopic (exact) mass is 320 g/mol. The van der Waals surface area contributed by atoms with Crippen LogP contribution in [0.5, 0.6) is 0 Å². The molecule has 0 spiro atoms. The highest BCUT2D eigenvalue weighted by Gasteiger charge is 2.39. The molecular formula is C19H28O4. The number of carbonyl (C=O) groups is 1. The second-order valence-electron chi connectivity index (χ2n) is 7.64. The minimum Gasteiger partial charge on any atom is -0.462 e. The highest BCUT2D eigenvalue weighted by molar-refractivity contribution is 5.70. The Hall–Kier alpha value is -1.13. The Morgan fingerprint density at radius 2 is 2.00 bits per heavy atom. The van der Waals surface area contributed by atoms with Crippen molar-refractivity contribution in [1.82, 2.24) is 0 Å². The van der Waals surface area contributed by atoms with Gasteiger partial charge < -0.3 is 14.9 Å². The molecule has 2 N–H and O–H groups in total. The van der Waals surface area contributed by atoms with Crippen molar-refractivity contribution in [1.29, 1.82) is 0 Å². The van der Waals surface area contributed by atoms with Crippen LogP contribution in [0.3, 0.4) is 0 Å². The topological polar surface area (TPSA) is 66.8 Å². The summed E-state index contributed by atoms with van der Waals surface area (Å²) in [6.45, 7) is 4.35. The van der Waals surface area contributed by atoms with Crippen LogP contribution < -0.4 is 0 Å². The number of esters is 1. The molecule has 0 amide bonds. The molecule has 3 aliphatic rings. The molecule has 0 bridgehead atoms. The molecule has 1 saturated heterocycles. The van der Waals surface area contributed by atoms with Gasteiger partial charge in [0.2, 0.25) is 0 Å². The number of aliphatic hydroxyl groups excluding tert-OH is 2. The van der Waals surface area contributed by atoms with Gasteiger partial charge in [-0.2, -0.15) is 0 Å². The first-order chi connectivity index (χ1) is 10.9. The predicted octanol–water partition coefficient (Wildman–Crippen LogP) is 2.60. The third-order valence-corrected chi connectivity index (χ3v) is 5.68. The zero-order valence-electron chi connectivity index (χ0n) is 14.0. The third kappa shape index (κ3) is 3.69. The Morgan fingerprint density at radius 1 is 1.22 bits per heavy atom. The lowest BCUT2D eigenvalue weighted by molar-refractivity contribution is -0.160. The van der Waals surface area contributed by atoms with Crippen LogP contribution in [0.15, 0.2) is 23.8 Å². The van der Waals surface area contributed by atoms with Crippen molar-refractivity contribution in [2.45, 2.75) is 64.3 Å². The van der Waals surface area contributed by atoms with Crippen LogP contribution in [-0.4, -0.2) is 34.5 Å². The van der Waals surface area contributed by atoms with Crippen LogP contribution in [0, 0.1) is 23.7 Å². The SMILES string of the molecule is CC1C=C2C=CC(C)C(CCC3CC(O)CC(=O)O3)C2C(O)C1. The lowest BCUT2D eigenvalue weighted by atomic mass is 9.65. The maximum absolute atomic E-state index is 11.5. The first-order valence-electron chi connectivity index (χ1n) is 8.89. The molecule has 4 nitrogen and oxygen atoms in total. The number of fused-ring (bicyclic) bond motifs is 1. The van der Waals surface area contributed by atoms with Crippen LogP contribution in [-0.2, 0) is 9.53 Å². The molecule has 0 saturated carbocycles. The van der Waals surface area contributed by atoms with Gasteiger partial charge in [-0.05, 0) is 42.6 Å². The van der Waals surface area contributed by atoms with E-state index in [4.69, 9.17) is 4.74 Å². The number of hydrogen-bond acceptors (Lipinski definition) is 4. The third-order valence-electron chi connectivity index (χ3n) is 5.68. The van der Waals surface area contributed by atoms with Gasteiger partial charge in [0.1, 0.15) is 6.10 Å². The average Bonchev–Trinajstić information content (AvgIpc) is 2.45. The van der Waals surface area contributed by atoms with E-state index in [0.29, 0.717) is 24.2 Å². The summed E-state index contributed by atoms with van der Waals surface area (Å²) in [6.07, 6.45) is 8.80. The van der Waals surface area contributed by atoms with Crippen LogP contribution in [0.25, 0.3) is 0 Å². The van der Waals surface area contributed by atoms with E-state index in [1.54, 1.807) is 0 Å². The molecule has 0 aromatic heterocycles. The van der Waals surface area contributed by atoms with E-state index >= 15 is 0 Å². The summed E-state index contributed by atoms with van der Waals surface area (Å²) < 4.78 is 5.37.